The number of anilines is 1. The number of aryl methyl sites for hydroxylation is 2. The van der Waals surface area contributed by atoms with Gasteiger partial charge in [-0.25, -0.2) is 18.9 Å². The number of amides is 1. The predicted molar refractivity (Wildman–Crippen MR) is 112 cm³/mol. The van der Waals surface area contributed by atoms with Crippen LogP contribution >= 0.6 is 0 Å². The van der Waals surface area contributed by atoms with Crippen LogP contribution in [-0.2, 0) is 17.8 Å². The third kappa shape index (κ3) is 3.80. The highest BCUT2D eigenvalue weighted by atomic mass is 16.2. The molecule has 0 unspecified atom stereocenters. The third-order valence-electron chi connectivity index (χ3n) is 4.67. The molecular formula is C22H21N5O2. The lowest BCUT2D eigenvalue weighted by Gasteiger charge is -2.05. The predicted octanol–water partition coefficient (Wildman–Crippen LogP) is 3.07. The van der Waals surface area contributed by atoms with Crippen LogP contribution in [-0.4, -0.2) is 25.1 Å². The second-order valence-corrected chi connectivity index (χ2v) is 6.82. The maximum absolute atomic E-state index is 12.9. The van der Waals surface area contributed by atoms with Crippen LogP contribution < -0.4 is 11.0 Å². The zero-order valence-electron chi connectivity index (χ0n) is 16.3. The molecule has 0 atom stereocenters. The number of hydrogen-bond acceptors (Lipinski definition) is 4. The number of nitrogens with one attached hydrogen (secondary N) is 1. The van der Waals surface area contributed by atoms with Crippen molar-refractivity contribution in [1.82, 2.24) is 19.2 Å². The zero-order valence-corrected chi connectivity index (χ0v) is 16.3. The first-order valence-corrected chi connectivity index (χ1v) is 9.46. The van der Waals surface area contributed by atoms with Gasteiger partial charge >= 0.3 is 5.69 Å². The Kier molecular flexibility index (Phi) is 4.95. The monoisotopic (exact) mass is 387 g/mol. The van der Waals surface area contributed by atoms with Crippen LogP contribution in [0.25, 0.3) is 17.0 Å². The molecule has 0 spiro atoms. The molecule has 1 N–H and O–H groups in total. The van der Waals surface area contributed by atoms with Crippen LogP contribution in [0.5, 0.6) is 0 Å². The Bertz CT molecular complexity index is 1220. The number of carbonyl (C=O) groups is 1. The van der Waals surface area contributed by atoms with Gasteiger partial charge in [-0.15, -0.1) is 5.10 Å². The van der Waals surface area contributed by atoms with Crippen molar-refractivity contribution in [3.05, 3.63) is 82.4 Å². The Labute approximate surface area is 167 Å². The van der Waals surface area contributed by atoms with Crippen molar-refractivity contribution in [2.75, 3.05) is 5.32 Å². The maximum atomic E-state index is 12.9. The minimum atomic E-state index is -0.400. The van der Waals surface area contributed by atoms with Gasteiger partial charge in [-0.3, -0.25) is 4.79 Å². The molecule has 0 radical (unpaired) electrons. The molecule has 29 heavy (non-hydrogen) atoms. The number of aromatic nitrogens is 4. The van der Waals surface area contributed by atoms with Crippen LogP contribution in [0.4, 0.5) is 5.69 Å². The van der Waals surface area contributed by atoms with Crippen molar-refractivity contribution in [2.45, 2.75) is 26.8 Å². The highest BCUT2D eigenvalue weighted by Gasteiger charge is 2.16. The summed E-state index contributed by atoms with van der Waals surface area (Å²) in [6, 6.07) is 18.8. The number of carbonyl (C=O) groups excluding carboxylic acids is 1. The molecule has 4 aromatic rings. The quantitative estimate of drug-likeness (QED) is 0.571. The van der Waals surface area contributed by atoms with E-state index in [0.717, 1.165) is 17.7 Å². The fraction of sp³-hybridized carbons (Fsp3) is 0.182. The Morgan fingerprint density at radius 2 is 1.79 bits per heavy atom. The lowest BCUT2D eigenvalue weighted by atomic mass is 10.1. The zero-order chi connectivity index (χ0) is 20.4. The molecule has 4 rings (SSSR count). The maximum Gasteiger partial charge on any atom is 0.352 e. The Hall–Kier alpha value is -3.74. The van der Waals surface area contributed by atoms with Crippen molar-refractivity contribution in [3.8, 4) is 11.4 Å². The lowest BCUT2D eigenvalue weighted by Crippen LogP contribution is -2.28. The minimum absolute atomic E-state index is 0.177. The van der Waals surface area contributed by atoms with Gasteiger partial charge in [0.25, 0.3) is 0 Å². The summed E-state index contributed by atoms with van der Waals surface area (Å²) in [6.07, 6.45) is 0.933. The van der Waals surface area contributed by atoms with Crippen molar-refractivity contribution in [1.29, 1.82) is 0 Å². The molecule has 0 aliphatic rings. The van der Waals surface area contributed by atoms with E-state index in [1.807, 2.05) is 61.5 Å². The standard InChI is InChI=1S/C22H21N5O2/c1-3-16-9-11-18(12-10-16)24-20(28)14-26-22(29)27-19(25-26)13-15(2)23-21(27)17-7-5-4-6-8-17/h4-13H,3,14H2,1-2H3,(H,24,28). The molecule has 0 aliphatic heterocycles. The second kappa shape index (κ2) is 7.71. The molecule has 1 amide bonds. The Morgan fingerprint density at radius 1 is 1.07 bits per heavy atom. The largest absolute Gasteiger partial charge is 0.352 e. The first-order chi connectivity index (χ1) is 14.0. The van der Waals surface area contributed by atoms with Crippen LogP contribution in [0.2, 0.25) is 0 Å². The molecule has 146 valence electrons. The average molecular weight is 387 g/mol. The smallest absolute Gasteiger partial charge is 0.324 e. The normalized spacial score (nSPS) is 11.0. The fourth-order valence-electron chi connectivity index (χ4n) is 3.20. The summed E-state index contributed by atoms with van der Waals surface area (Å²) in [7, 11) is 0. The van der Waals surface area contributed by atoms with E-state index in [4.69, 9.17) is 0 Å². The molecule has 2 heterocycles. The van der Waals surface area contributed by atoms with E-state index >= 15 is 0 Å². The summed E-state index contributed by atoms with van der Waals surface area (Å²) < 4.78 is 2.60. The summed E-state index contributed by atoms with van der Waals surface area (Å²) in [5.74, 6) is 0.193. The van der Waals surface area contributed by atoms with E-state index in [0.29, 0.717) is 17.2 Å². The number of hydrogen-bond donors (Lipinski definition) is 1. The molecule has 0 fully saturated rings. The van der Waals surface area contributed by atoms with E-state index in [9.17, 15) is 9.59 Å². The average Bonchev–Trinajstić information content (AvgIpc) is 3.03. The van der Waals surface area contributed by atoms with Crippen LogP contribution in [0.3, 0.4) is 0 Å². The van der Waals surface area contributed by atoms with Crippen molar-refractivity contribution in [3.63, 3.8) is 0 Å². The Balaban J connectivity index is 1.65. The lowest BCUT2D eigenvalue weighted by molar-refractivity contribution is -0.117. The van der Waals surface area contributed by atoms with Crippen molar-refractivity contribution in [2.24, 2.45) is 0 Å². The number of rotatable bonds is 5. The van der Waals surface area contributed by atoms with E-state index in [1.165, 1.54) is 14.6 Å². The molecule has 2 aromatic heterocycles. The summed E-state index contributed by atoms with van der Waals surface area (Å²) in [5, 5.41) is 7.14. The van der Waals surface area contributed by atoms with Crippen LogP contribution in [0.15, 0.2) is 65.5 Å². The molecule has 7 nitrogen and oxygen atoms in total. The molecule has 0 saturated heterocycles. The topological polar surface area (TPSA) is 81.3 Å². The molecule has 7 heteroatoms. The first kappa shape index (κ1) is 18.6. The van der Waals surface area contributed by atoms with Gasteiger partial charge in [0.05, 0.1) is 0 Å². The van der Waals surface area contributed by atoms with Gasteiger partial charge in [0, 0.05) is 23.0 Å². The summed E-state index contributed by atoms with van der Waals surface area (Å²) in [5.41, 5.74) is 3.49. The Morgan fingerprint density at radius 3 is 2.48 bits per heavy atom. The van der Waals surface area contributed by atoms with E-state index < -0.39 is 5.69 Å². The van der Waals surface area contributed by atoms with Gasteiger partial charge in [0.1, 0.15) is 12.4 Å². The van der Waals surface area contributed by atoms with Gasteiger partial charge < -0.3 is 5.32 Å². The van der Waals surface area contributed by atoms with Gasteiger partial charge in [0.2, 0.25) is 5.91 Å². The summed E-state index contributed by atoms with van der Waals surface area (Å²) >= 11 is 0. The molecule has 0 saturated carbocycles. The van der Waals surface area contributed by atoms with E-state index in [2.05, 4.69) is 22.3 Å². The molecular weight excluding hydrogens is 366 g/mol. The number of benzene rings is 2. The van der Waals surface area contributed by atoms with Crippen molar-refractivity contribution < 1.29 is 4.79 Å². The minimum Gasteiger partial charge on any atom is -0.324 e. The van der Waals surface area contributed by atoms with Crippen LogP contribution in [0, 0.1) is 6.92 Å². The highest BCUT2D eigenvalue weighted by Crippen LogP contribution is 2.17. The van der Waals surface area contributed by atoms with Gasteiger partial charge in [-0.05, 0) is 31.0 Å². The van der Waals surface area contributed by atoms with Crippen LogP contribution in [0.1, 0.15) is 18.2 Å². The summed E-state index contributed by atoms with van der Waals surface area (Å²) in [6.45, 7) is 3.75. The fourth-order valence-corrected chi connectivity index (χ4v) is 3.20. The number of nitrogens with zero attached hydrogens (tertiary/aromatic N) is 4. The highest BCUT2D eigenvalue weighted by molar-refractivity contribution is 5.90. The summed E-state index contributed by atoms with van der Waals surface area (Å²) in [4.78, 5) is 29.9. The molecule has 2 aromatic carbocycles. The van der Waals surface area contributed by atoms with Gasteiger partial charge in [-0.1, -0.05) is 49.4 Å². The van der Waals surface area contributed by atoms with E-state index in [1.54, 1.807) is 6.07 Å². The third-order valence-corrected chi connectivity index (χ3v) is 4.67. The second-order valence-electron chi connectivity index (χ2n) is 6.82. The van der Waals surface area contributed by atoms with Gasteiger partial charge in [0.15, 0.2) is 5.65 Å². The SMILES string of the molecule is CCc1ccc(NC(=O)Cn2nc3cc(C)nc(-c4ccccc4)n3c2=O)cc1. The molecule has 0 aliphatic carbocycles. The van der Waals surface area contributed by atoms with E-state index in [-0.39, 0.29) is 12.5 Å². The molecule has 0 bridgehead atoms. The number of fused-ring (bicyclic) bond motifs is 1. The first-order valence-electron chi connectivity index (χ1n) is 9.46. The van der Waals surface area contributed by atoms with Gasteiger partial charge in [-0.2, -0.15) is 0 Å². The van der Waals surface area contributed by atoms with Crippen molar-refractivity contribution >= 4 is 17.2 Å².